The molecule has 0 spiro atoms. The zero-order valence-corrected chi connectivity index (χ0v) is 8.75. The van der Waals surface area contributed by atoms with Gasteiger partial charge in [-0.15, -0.1) is 12.3 Å². The van der Waals surface area contributed by atoms with Crippen LogP contribution < -0.4 is 5.32 Å². The van der Waals surface area contributed by atoms with Crippen LogP contribution in [0.1, 0.15) is 24.6 Å². The number of aromatic nitrogens is 1. The van der Waals surface area contributed by atoms with Crippen molar-refractivity contribution in [2.45, 2.75) is 32.9 Å². The van der Waals surface area contributed by atoms with Gasteiger partial charge in [-0.3, -0.25) is 4.98 Å². The number of nitrogens with one attached hydrogen (secondary N) is 1. The molecule has 74 valence electrons. The summed E-state index contributed by atoms with van der Waals surface area (Å²) in [4.78, 5) is 4.30. The standard InChI is InChI=1S/C12H16N2/c1-4-5-11(3)13-9-12-7-6-10(2)8-14-12/h1,6-8,11,13H,5,9H2,2-3H3. The number of hydrogen-bond donors (Lipinski definition) is 1. The van der Waals surface area contributed by atoms with E-state index in [1.807, 2.05) is 19.2 Å². The van der Waals surface area contributed by atoms with E-state index in [0.717, 1.165) is 18.7 Å². The maximum atomic E-state index is 5.21. The highest BCUT2D eigenvalue weighted by Crippen LogP contribution is 1.99. The molecule has 1 aromatic rings. The van der Waals surface area contributed by atoms with Gasteiger partial charge < -0.3 is 5.32 Å². The molecule has 0 aliphatic carbocycles. The van der Waals surface area contributed by atoms with E-state index in [4.69, 9.17) is 6.42 Å². The molecule has 1 rings (SSSR count). The number of pyridine rings is 1. The van der Waals surface area contributed by atoms with Gasteiger partial charge in [0.15, 0.2) is 0 Å². The molecule has 2 nitrogen and oxygen atoms in total. The van der Waals surface area contributed by atoms with Crippen LogP contribution in [0.3, 0.4) is 0 Å². The lowest BCUT2D eigenvalue weighted by molar-refractivity contribution is 0.553. The topological polar surface area (TPSA) is 24.9 Å². The summed E-state index contributed by atoms with van der Waals surface area (Å²) in [6.07, 6.45) is 7.85. The van der Waals surface area contributed by atoms with Crippen molar-refractivity contribution in [1.29, 1.82) is 0 Å². The molecule has 0 saturated carbocycles. The monoisotopic (exact) mass is 188 g/mol. The first-order chi connectivity index (χ1) is 6.72. The van der Waals surface area contributed by atoms with E-state index in [1.54, 1.807) is 0 Å². The largest absolute Gasteiger partial charge is 0.308 e. The molecule has 0 saturated heterocycles. The lowest BCUT2D eigenvalue weighted by Crippen LogP contribution is -2.25. The van der Waals surface area contributed by atoms with E-state index >= 15 is 0 Å². The highest BCUT2D eigenvalue weighted by atomic mass is 14.9. The molecular formula is C12H16N2. The van der Waals surface area contributed by atoms with E-state index in [1.165, 1.54) is 5.56 Å². The molecule has 0 bridgehead atoms. The van der Waals surface area contributed by atoms with Crippen molar-refractivity contribution in [3.05, 3.63) is 29.6 Å². The van der Waals surface area contributed by atoms with Gasteiger partial charge in [-0.25, -0.2) is 0 Å². The Morgan fingerprint density at radius 1 is 1.57 bits per heavy atom. The minimum atomic E-state index is 0.350. The fraction of sp³-hybridized carbons (Fsp3) is 0.417. The summed E-state index contributed by atoms with van der Waals surface area (Å²) >= 11 is 0. The molecule has 2 heteroatoms. The van der Waals surface area contributed by atoms with Crippen molar-refractivity contribution in [2.75, 3.05) is 0 Å². The van der Waals surface area contributed by atoms with Crippen molar-refractivity contribution in [3.8, 4) is 12.3 Å². The van der Waals surface area contributed by atoms with Gasteiger partial charge in [0.05, 0.1) is 5.69 Å². The average Bonchev–Trinajstić information content (AvgIpc) is 2.17. The smallest absolute Gasteiger partial charge is 0.0541 e. The third kappa shape index (κ3) is 3.59. The predicted octanol–water partition coefficient (Wildman–Crippen LogP) is 1.89. The zero-order valence-electron chi connectivity index (χ0n) is 8.75. The predicted molar refractivity (Wildman–Crippen MR) is 58.7 cm³/mol. The highest BCUT2D eigenvalue weighted by Gasteiger charge is 1.99. The fourth-order valence-corrected chi connectivity index (χ4v) is 1.13. The van der Waals surface area contributed by atoms with Crippen LogP contribution in [0, 0.1) is 19.3 Å². The Balaban J connectivity index is 2.39. The molecule has 1 atom stereocenters. The molecule has 0 aliphatic heterocycles. The fourth-order valence-electron chi connectivity index (χ4n) is 1.13. The maximum Gasteiger partial charge on any atom is 0.0541 e. The van der Waals surface area contributed by atoms with Gasteiger partial charge in [0.25, 0.3) is 0 Å². The molecule has 0 aromatic carbocycles. The van der Waals surface area contributed by atoms with Gasteiger partial charge in [0.1, 0.15) is 0 Å². The summed E-state index contributed by atoms with van der Waals surface area (Å²) in [6.45, 7) is 4.89. The molecule has 0 radical (unpaired) electrons. The second-order valence-electron chi connectivity index (χ2n) is 3.52. The Bertz CT molecular complexity index is 308. The van der Waals surface area contributed by atoms with Crippen molar-refractivity contribution in [1.82, 2.24) is 10.3 Å². The number of aryl methyl sites for hydroxylation is 1. The Morgan fingerprint density at radius 3 is 2.93 bits per heavy atom. The average molecular weight is 188 g/mol. The Labute approximate surface area is 85.8 Å². The summed E-state index contributed by atoms with van der Waals surface area (Å²) in [5, 5.41) is 3.31. The van der Waals surface area contributed by atoms with E-state index in [9.17, 15) is 0 Å². The van der Waals surface area contributed by atoms with E-state index in [2.05, 4.69) is 29.2 Å². The minimum Gasteiger partial charge on any atom is -0.308 e. The molecule has 1 aromatic heterocycles. The van der Waals surface area contributed by atoms with Gasteiger partial charge in [-0.2, -0.15) is 0 Å². The van der Waals surface area contributed by atoms with E-state index in [0.29, 0.717) is 6.04 Å². The minimum absolute atomic E-state index is 0.350. The number of nitrogens with zero attached hydrogens (tertiary/aromatic N) is 1. The Kier molecular flexibility index (Phi) is 4.15. The quantitative estimate of drug-likeness (QED) is 0.730. The van der Waals surface area contributed by atoms with Crippen LogP contribution >= 0.6 is 0 Å². The SMILES string of the molecule is C#CCC(C)NCc1ccc(C)cn1. The zero-order chi connectivity index (χ0) is 10.4. The van der Waals surface area contributed by atoms with Crippen LogP contribution in [0.15, 0.2) is 18.3 Å². The normalized spacial score (nSPS) is 12.1. The van der Waals surface area contributed by atoms with Crippen molar-refractivity contribution >= 4 is 0 Å². The van der Waals surface area contributed by atoms with Crippen LogP contribution in [-0.4, -0.2) is 11.0 Å². The Hall–Kier alpha value is -1.33. The first-order valence-corrected chi connectivity index (χ1v) is 4.80. The second-order valence-corrected chi connectivity index (χ2v) is 3.52. The van der Waals surface area contributed by atoms with Crippen LogP contribution in [0.2, 0.25) is 0 Å². The van der Waals surface area contributed by atoms with Crippen LogP contribution in [0.4, 0.5) is 0 Å². The summed E-state index contributed by atoms with van der Waals surface area (Å²) in [6, 6.07) is 4.45. The summed E-state index contributed by atoms with van der Waals surface area (Å²) in [5.41, 5.74) is 2.24. The van der Waals surface area contributed by atoms with Crippen molar-refractivity contribution in [3.63, 3.8) is 0 Å². The van der Waals surface area contributed by atoms with Gasteiger partial charge >= 0.3 is 0 Å². The number of hydrogen-bond acceptors (Lipinski definition) is 2. The molecular weight excluding hydrogens is 172 g/mol. The third-order valence-corrected chi connectivity index (χ3v) is 2.03. The van der Waals surface area contributed by atoms with Gasteiger partial charge in [-0.05, 0) is 25.5 Å². The highest BCUT2D eigenvalue weighted by molar-refractivity contribution is 5.12. The Morgan fingerprint density at radius 2 is 2.36 bits per heavy atom. The van der Waals surface area contributed by atoms with E-state index in [-0.39, 0.29) is 0 Å². The summed E-state index contributed by atoms with van der Waals surface area (Å²) in [7, 11) is 0. The molecule has 14 heavy (non-hydrogen) atoms. The molecule has 1 heterocycles. The molecule has 1 N–H and O–H groups in total. The second kappa shape index (κ2) is 5.41. The first kappa shape index (κ1) is 10.7. The third-order valence-electron chi connectivity index (χ3n) is 2.03. The number of rotatable bonds is 4. The molecule has 1 unspecified atom stereocenters. The van der Waals surface area contributed by atoms with Crippen LogP contribution in [0.5, 0.6) is 0 Å². The van der Waals surface area contributed by atoms with Crippen LogP contribution in [0.25, 0.3) is 0 Å². The lowest BCUT2D eigenvalue weighted by atomic mass is 10.2. The van der Waals surface area contributed by atoms with Crippen molar-refractivity contribution in [2.24, 2.45) is 0 Å². The summed E-state index contributed by atoms with van der Waals surface area (Å²) < 4.78 is 0. The van der Waals surface area contributed by atoms with Gasteiger partial charge in [0.2, 0.25) is 0 Å². The number of terminal acetylenes is 1. The van der Waals surface area contributed by atoms with Gasteiger partial charge in [0, 0.05) is 25.2 Å². The van der Waals surface area contributed by atoms with Gasteiger partial charge in [-0.1, -0.05) is 6.07 Å². The molecule has 0 aliphatic rings. The molecule has 0 fully saturated rings. The van der Waals surface area contributed by atoms with E-state index < -0.39 is 0 Å². The molecule has 0 amide bonds. The van der Waals surface area contributed by atoms with Crippen molar-refractivity contribution < 1.29 is 0 Å². The first-order valence-electron chi connectivity index (χ1n) is 4.80. The lowest BCUT2D eigenvalue weighted by Gasteiger charge is -2.09. The van der Waals surface area contributed by atoms with Crippen LogP contribution in [-0.2, 0) is 6.54 Å². The summed E-state index contributed by atoms with van der Waals surface area (Å²) in [5.74, 6) is 2.63. The maximum absolute atomic E-state index is 5.21.